The van der Waals surface area contributed by atoms with E-state index in [2.05, 4.69) is 0 Å². The Labute approximate surface area is 182 Å². The van der Waals surface area contributed by atoms with Gasteiger partial charge < -0.3 is 14.4 Å². The van der Waals surface area contributed by atoms with E-state index >= 15 is 0 Å². The van der Waals surface area contributed by atoms with Crippen molar-refractivity contribution in [1.29, 1.82) is 0 Å². The summed E-state index contributed by atoms with van der Waals surface area (Å²) in [5.41, 5.74) is 0.333. The van der Waals surface area contributed by atoms with Crippen molar-refractivity contribution < 1.29 is 19.0 Å². The molecule has 0 radical (unpaired) electrons. The maximum absolute atomic E-state index is 14.4. The number of rotatable bonds is 6. The molecule has 3 rings (SSSR count). The zero-order chi connectivity index (χ0) is 22.0. The van der Waals surface area contributed by atoms with Crippen molar-refractivity contribution in [3.8, 4) is 17.0 Å². The van der Waals surface area contributed by atoms with Crippen LogP contribution in [0.4, 0.5) is 4.39 Å². The minimum absolute atomic E-state index is 0.0698. The molecule has 3 aromatic rings. The van der Waals surface area contributed by atoms with Gasteiger partial charge in [0.15, 0.2) is 5.43 Å². The first-order chi connectivity index (χ1) is 14.3. The van der Waals surface area contributed by atoms with E-state index in [1.807, 2.05) is 6.92 Å². The van der Waals surface area contributed by atoms with Gasteiger partial charge >= 0.3 is 5.97 Å². The van der Waals surface area contributed by atoms with Crippen molar-refractivity contribution >= 4 is 29.2 Å². The topological polar surface area (TPSA) is 68.5 Å². The lowest BCUT2D eigenvalue weighted by molar-refractivity contribution is 0.0695. The summed E-state index contributed by atoms with van der Waals surface area (Å²) >= 11 is 12.1. The highest BCUT2D eigenvalue weighted by molar-refractivity contribution is 6.42. The highest BCUT2D eigenvalue weighted by Crippen LogP contribution is 2.31. The van der Waals surface area contributed by atoms with E-state index in [-0.39, 0.29) is 22.7 Å². The highest BCUT2D eigenvalue weighted by Gasteiger charge is 2.23. The fraction of sp³-hybridized carbons (Fsp3) is 0.182. The van der Waals surface area contributed by atoms with Crippen LogP contribution in [0.15, 0.2) is 47.3 Å². The molecule has 0 fully saturated rings. The monoisotopic (exact) mass is 449 g/mol. The lowest BCUT2D eigenvalue weighted by atomic mass is 10.0. The van der Waals surface area contributed by atoms with E-state index in [0.717, 1.165) is 0 Å². The molecule has 5 nitrogen and oxygen atoms in total. The van der Waals surface area contributed by atoms with Gasteiger partial charge in [0.05, 0.1) is 22.8 Å². The highest BCUT2D eigenvalue weighted by atomic mass is 35.5. The van der Waals surface area contributed by atoms with E-state index < -0.39 is 17.2 Å². The molecule has 0 aliphatic carbocycles. The second kappa shape index (κ2) is 8.90. The molecule has 8 heteroatoms. The van der Waals surface area contributed by atoms with Crippen LogP contribution in [0.2, 0.25) is 10.0 Å². The largest absolute Gasteiger partial charge is 0.497 e. The normalized spacial score (nSPS) is 10.8. The Morgan fingerprint density at radius 2 is 1.87 bits per heavy atom. The van der Waals surface area contributed by atoms with Gasteiger partial charge in [0.1, 0.15) is 17.1 Å². The molecule has 2 aromatic carbocycles. The smallest absolute Gasteiger partial charge is 0.341 e. The molecule has 1 aromatic heterocycles. The minimum atomic E-state index is -1.36. The van der Waals surface area contributed by atoms with Gasteiger partial charge in [-0.2, -0.15) is 0 Å². The molecule has 0 atom stereocenters. The van der Waals surface area contributed by atoms with Crippen LogP contribution in [0.1, 0.15) is 28.5 Å². The van der Waals surface area contributed by atoms with Crippen molar-refractivity contribution in [2.75, 3.05) is 7.11 Å². The summed E-state index contributed by atoms with van der Waals surface area (Å²) in [5.74, 6) is -1.34. The van der Waals surface area contributed by atoms with Gasteiger partial charge in [0.25, 0.3) is 0 Å². The first-order valence-corrected chi connectivity index (χ1v) is 9.80. The quantitative estimate of drug-likeness (QED) is 0.555. The molecular weight excluding hydrogens is 432 g/mol. The molecule has 1 heterocycles. The van der Waals surface area contributed by atoms with Gasteiger partial charge in [-0.3, -0.25) is 4.79 Å². The Kier molecular flexibility index (Phi) is 6.48. The van der Waals surface area contributed by atoms with E-state index in [9.17, 15) is 19.1 Å². The van der Waals surface area contributed by atoms with Gasteiger partial charge in [-0.1, -0.05) is 29.3 Å². The van der Waals surface area contributed by atoms with Crippen LogP contribution in [0, 0.1) is 5.82 Å². The lowest BCUT2D eigenvalue weighted by Gasteiger charge is -2.20. The standard InChI is InChI=1S/C22H18Cl2FNO4/c1-3-26-14(8-13-9-15(30-2)5-7-18(13)25)11-19(27)20(22(28)29)21(26)12-4-6-16(23)17(24)10-12/h4-7,9-11H,3,8H2,1-2H3,(H,28,29). The zero-order valence-electron chi connectivity index (χ0n) is 16.2. The maximum Gasteiger partial charge on any atom is 0.341 e. The van der Waals surface area contributed by atoms with Gasteiger partial charge in [0, 0.05) is 30.3 Å². The molecule has 0 aliphatic rings. The average molecular weight is 450 g/mol. The number of carbonyl (C=O) groups is 1. The molecule has 30 heavy (non-hydrogen) atoms. The molecule has 0 bridgehead atoms. The predicted molar refractivity (Wildman–Crippen MR) is 115 cm³/mol. The Bertz CT molecular complexity index is 1190. The van der Waals surface area contributed by atoms with Crippen LogP contribution in [0.3, 0.4) is 0 Å². The molecule has 156 valence electrons. The molecule has 0 spiro atoms. The third-order valence-electron chi connectivity index (χ3n) is 4.75. The SMILES string of the molecule is CCn1c(Cc2cc(OC)ccc2F)cc(=O)c(C(=O)O)c1-c1ccc(Cl)c(Cl)c1. The van der Waals surface area contributed by atoms with E-state index in [1.165, 1.54) is 37.4 Å². The first kappa shape index (κ1) is 21.9. The molecule has 0 saturated carbocycles. The Hall–Kier alpha value is -2.83. The predicted octanol–water partition coefficient (Wildman–Crippen LogP) is 5.28. The van der Waals surface area contributed by atoms with E-state index in [4.69, 9.17) is 27.9 Å². The van der Waals surface area contributed by atoms with Gasteiger partial charge in [-0.05, 0) is 42.8 Å². The zero-order valence-corrected chi connectivity index (χ0v) is 17.7. The number of benzene rings is 2. The fourth-order valence-corrected chi connectivity index (χ4v) is 3.66. The minimum Gasteiger partial charge on any atom is -0.497 e. The number of pyridine rings is 1. The average Bonchev–Trinajstić information content (AvgIpc) is 2.71. The van der Waals surface area contributed by atoms with Gasteiger partial charge in [-0.15, -0.1) is 0 Å². The number of ether oxygens (including phenoxy) is 1. The Morgan fingerprint density at radius 1 is 1.13 bits per heavy atom. The van der Waals surface area contributed by atoms with Crippen LogP contribution in [0.5, 0.6) is 5.75 Å². The van der Waals surface area contributed by atoms with Gasteiger partial charge in [0.2, 0.25) is 0 Å². The number of halogens is 3. The molecule has 1 N–H and O–H groups in total. The summed E-state index contributed by atoms with van der Waals surface area (Å²) in [6.07, 6.45) is 0.0698. The molecule has 0 amide bonds. The number of hydrogen-bond donors (Lipinski definition) is 1. The van der Waals surface area contributed by atoms with Crippen LogP contribution >= 0.6 is 23.2 Å². The van der Waals surface area contributed by atoms with Crippen molar-refractivity contribution in [1.82, 2.24) is 4.57 Å². The Morgan fingerprint density at radius 3 is 2.47 bits per heavy atom. The summed E-state index contributed by atoms with van der Waals surface area (Å²) in [6.45, 7) is 2.15. The van der Waals surface area contributed by atoms with Crippen LogP contribution in [-0.4, -0.2) is 22.8 Å². The van der Waals surface area contributed by atoms with E-state index in [1.54, 1.807) is 16.7 Å². The van der Waals surface area contributed by atoms with Crippen LogP contribution in [-0.2, 0) is 13.0 Å². The third-order valence-corrected chi connectivity index (χ3v) is 5.48. The van der Waals surface area contributed by atoms with Crippen molar-refractivity contribution in [3.05, 3.63) is 85.4 Å². The summed E-state index contributed by atoms with van der Waals surface area (Å²) in [4.78, 5) is 24.6. The molecular formula is C22H18Cl2FNO4. The molecule has 0 aliphatic heterocycles. The van der Waals surface area contributed by atoms with Crippen molar-refractivity contribution in [2.45, 2.75) is 19.9 Å². The summed E-state index contributed by atoms with van der Waals surface area (Å²) in [6, 6.07) is 10.2. The molecule has 0 unspecified atom stereocenters. The van der Waals surface area contributed by atoms with E-state index in [0.29, 0.717) is 34.1 Å². The van der Waals surface area contributed by atoms with Gasteiger partial charge in [-0.25, -0.2) is 9.18 Å². The summed E-state index contributed by atoms with van der Waals surface area (Å²) < 4.78 is 21.2. The second-order valence-electron chi connectivity index (χ2n) is 6.54. The first-order valence-electron chi connectivity index (χ1n) is 9.04. The third kappa shape index (κ3) is 4.20. The Balaban J connectivity index is 2.28. The number of aromatic nitrogens is 1. The number of aromatic carboxylic acids is 1. The second-order valence-corrected chi connectivity index (χ2v) is 7.35. The maximum atomic E-state index is 14.4. The van der Waals surface area contributed by atoms with Crippen molar-refractivity contribution in [3.63, 3.8) is 0 Å². The number of methoxy groups -OCH3 is 1. The lowest BCUT2D eigenvalue weighted by Crippen LogP contribution is -2.23. The molecule has 0 saturated heterocycles. The van der Waals surface area contributed by atoms with Crippen molar-refractivity contribution in [2.24, 2.45) is 0 Å². The number of carboxylic acid groups (broad SMARTS) is 1. The summed E-state index contributed by atoms with van der Waals surface area (Å²) in [5, 5.41) is 10.2. The fourth-order valence-electron chi connectivity index (χ4n) is 3.36. The van der Waals surface area contributed by atoms with Crippen LogP contribution < -0.4 is 10.2 Å². The van der Waals surface area contributed by atoms with Crippen LogP contribution in [0.25, 0.3) is 11.3 Å². The summed E-state index contributed by atoms with van der Waals surface area (Å²) in [7, 11) is 1.48. The number of carboxylic acids is 1. The number of nitrogens with zero attached hydrogens (tertiary/aromatic N) is 1. The number of hydrogen-bond acceptors (Lipinski definition) is 3.